The molecule has 37 heavy (non-hydrogen) atoms. The zero-order chi connectivity index (χ0) is 26.6. The van der Waals surface area contributed by atoms with Gasteiger partial charge in [-0.1, -0.05) is 6.07 Å². The Hall–Kier alpha value is -3.75. The fraction of sp³-hybridized carbons (Fsp3) is 0.391. The maximum Gasteiger partial charge on any atom is 0.325 e. The van der Waals surface area contributed by atoms with Crippen molar-refractivity contribution in [2.45, 2.75) is 31.5 Å². The maximum absolute atomic E-state index is 11.5. The number of rotatable bonds is 10. The lowest BCUT2D eigenvalue weighted by Gasteiger charge is -2.34. The minimum absolute atomic E-state index is 0.0248. The van der Waals surface area contributed by atoms with Crippen molar-refractivity contribution in [3.8, 4) is 17.1 Å². The third kappa shape index (κ3) is 6.93. The van der Waals surface area contributed by atoms with E-state index in [1.54, 1.807) is 6.07 Å². The molecule has 1 unspecified atom stereocenters. The lowest BCUT2D eigenvalue weighted by molar-refractivity contribution is -0.137. The molecule has 1 saturated heterocycles. The number of carboxylic acids is 1. The SMILES string of the molecule is CS(=O)(=O)Nc1cc(C(O)CNC2CCN(c3ccc(-c4nnnn4CC(=O)O)cc3)CC2)ccc1O. The normalized spacial score (nSPS) is 15.5. The second-order valence-electron chi connectivity index (χ2n) is 8.94. The molecule has 0 spiro atoms. The third-order valence-electron chi connectivity index (χ3n) is 6.10. The number of aromatic nitrogens is 4. The molecule has 0 bridgehead atoms. The third-order valence-corrected chi connectivity index (χ3v) is 6.69. The Morgan fingerprint density at radius 3 is 2.51 bits per heavy atom. The van der Waals surface area contributed by atoms with E-state index in [0.717, 1.165) is 43.4 Å². The Morgan fingerprint density at radius 2 is 1.86 bits per heavy atom. The highest BCUT2D eigenvalue weighted by molar-refractivity contribution is 7.92. The van der Waals surface area contributed by atoms with Gasteiger partial charge in [0.1, 0.15) is 12.3 Å². The van der Waals surface area contributed by atoms with E-state index in [1.165, 1.54) is 16.8 Å². The number of sulfonamides is 1. The highest BCUT2D eigenvalue weighted by Crippen LogP contribution is 2.28. The number of aliphatic hydroxyl groups is 1. The number of carboxylic acid groups (broad SMARTS) is 1. The lowest BCUT2D eigenvalue weighted by Crippen LogP contribution is -2.43. The largest absolute Gasteiger partial charge is 0.506 e. The van der Waals surface area contributed by atoms with Crippen molar-refractivity contribution in [2.75, 3.05) is 35.5 Å². The Labute approximate surface area is 213 Å². The first-order valence-corrected chi connectivity index (χ1v) is 13.5. The van der Waals surface area contributed by atoms with Crippen molar-refractivity contribution < 1.29 is 28.5 Å². The molecule has 13 nitrogen and oxygen atoms in total. The highest BCUT2D eigenvalue weighted by atomic mass is 32.2. The number of benzene rings is 2. The Balaban J connectivity index is 1.29. The molecule has 0 amide bonds. The Morgan fingerprint density at radius 1 is 1.16 bits per heavy atom. The van der Waals surface area contributed by atoms with Gasteiger partial charge in [-0.15, -0.1) is 5.10 Å². The number of aliphatic hydroxyl groups excluding tert-OH is 1. The van der Waals surface area contributed by atoms with E-state index in [1.807, 2.05) is 24.3 Å². The topological polar surface area (TPSA) is 183 Å². The Kier molecular flexibility index (Phi) is 7.90. The zero-order valence-corrected chi connectivity index (χ0v) is 21.0. The molecule has 3 aromatic rings. The van der Waals surface area contributed by atoms with E-state index in [0.29, 0.717) is 11.4 Å². The molecule has 1 aliphatic rings. The molecule has 1 aromatic heterocycles. The number of hydrogen-bond donors (Lipinski definition) is 5. The zero-order valence-electron chi connectivity index (χ0n) is 20.1. The number of aromatic hydroxyl groups is 1. The summed E-state index contributed by atoms with van der Waals surface area (Å²) in [5, 5.41) is 44.1. The van der Waals surface area contributed by atoms with Gasteiger partial charge in [0.15, 0.2) is 5.82 Å². The van der Waals surface area contributed by atoms with Crippen molar-refractivity contribution >= 4 is 27.4 Å². The number of phenolic OH excluding ortho intramolecular Hbond substituents is 1. The van der Waals surface area contributed by atoms with Gasteiger partial charge in [0.25, 0.3) is 0 Å². The van der Waals surface area contributed by atoms with Gasteiger partial charge in [-0.3, -0.25) is 9.52 Å². The summed E-state index contributed by atoms with van der Waals surface area (Å²) >= 11 is 0. The predicted molar refractivity (Wildman–Crippen MR) is 136 cm³/mol. The molecule has 5 N–H and O–H groups in total. The van der Waals surface area contributed by atoms with Crippen molar-refractivity contribution in [3.05, 3.63) is 48.0 Å². The Bertz CT molecular complexity index is 1340. The van der Waals surface area contributed by atoms with Crippen LogP contribution in [0.5, 0.6) is 5.75 Å². The quantitative estimate of drug-likeness (QED) is 0.233. The van der Waals surface area contributed by atoms with Crippen molar-refractivity contribution in [3.63, 3.8) is 0 Å². The molecule has 0 saturated carbocycles. The van der Waals surface area contributed by atoms with E-state index in [9.17, 15) is 23.4 Å². The summed E-state index contributed by atoms with van der Waals surface area (Å²) in [6, 6.07) is 12.2. The van der Waals surface area contributed by atoms with E-state index in [4.69, 9.17) is 5.11 Å². The van der Waals surface area contributed by atoms with Crippen LogP contribution in [-0.2, 0) is 21.4 Å². The first-order chi connectivity index (χ1) is 17.6. The minimum Gasteiger partial charge on any atom is -0.506 e. The fourth-order valence-electron chi connectivity index (χ4n) is 4.25. The van der Waals surface area contributed by atoms with Gasteiger partial charge in [-0.25, -0.2) is 13.1 Å². The average molecular weight is 532 g/mol. The van der Waals surface area contributed by atoms with Crippen LogP contribution in [0.4, 0.5) is 11.4 Å². The maximum atomic E-state index is 11.5. The monoisotopic (exact) mass is 531 g/mol. The first kappa shape index (κ1) is 26.3. The smallest absolute Gasteiger partial charge is 0.325 e. The van der Waals surface area contributed by atoms with Crippen LogP contribution in [0.25, 0.3) is 11.4 Å². The van der Waals surface area contributed by atoms with Gasteiger partial charge < -0.3 is 25.5 Å². The molecule has 2 heterocycles. The molecular formula is C23H29N7O6S. The summed E-state index contributed by atoms with van der Waals surface area (Å²) in [6.07, 6.45) is 1.85. The van der Waals surface area contributed by atoms with Crippen LogP contribution < -0.4 is 14.9 Å². The molecule has 198 valence electrons. The van der Waals surface area contributed by atoms with Crippen LogP contribution in [-0.4, -0.2) is 81.8 Å². The molecule has 1 aliphatic heterocycles. The van der Waals surface area contributed by atoms with Crippen molar-refractivity contribution in [1.82, 2.24) is 25.5 Å². The number of anilines is 2. The molecule has 0 radical (unpaired) electrons. The number of hydrogen-bond acceptors (Lipinski definition) is 10. The van der Waals surface area contributed by atoms with Gasteiger partial charge in [0.2, 0.25) is 10.0 Å². The number of piperidine rings is 1. The second kappa shape index (κ2) is 11.1. The van der Waals surface area contributed by atoms with Crippen LogP contribution in [0.2, 0.25) is 0 Å². The van der Waals surface area contributed by atoms with Crippen molar-refractivity contribution in [2.24, 2.45) is 0 Å². The van der Waals surface area contributed by atoms with E-state index < -0.39 is 22.1 Å². The summed E-state index contributed by atoms with van der Waals surface area (Å²) in [5.41, 5.74) is 2.28. The molecule has 1 fully saturated rings. The van der Waals surface area contributed by atoms with Crippen LogP contribution in [0.1, 0.15) is 24.5 Å². The number of carbonyl (C=O) groups is 1. The average Bonchev–Trinajstić information content (AvgIpc) is 3.31. The summed E-state index contributed by atoms with van der Waals surface area (Å²) in [5.74, 6) is -0.845. The van der Waals surface area contributed by atoms with Gasteiger partial charge >= 0.3 is 5.97 Å². The summed E-state index contributed by atoms with van der Waals surface area (Å²) in [6.45, 7) is 1.59. The summed E-state index contributed by atoms with van der Waals surface area (Å²) in [7, 11) is -3.56. The summed E-state index contributed by atoms with van der Waals surface area (Å²) in [4.78, 5) is 13.2. The standard InChI is InChI=1S/C23H29N7O6S/c1-37(35,36)26-19-12-16(4-7-20(19)31)21(32)13-24-17-8-10-29(11-9-17)18-5-2-15(3-6-18)23-25-27-28-30(23)14-22(33)34/h2-7,12,17,21,24,26,31-32H,8-11,13-14H2,1H3,(H,33,34). The second-order valence-corrected chi connectivity index (χ2v) is 10.7. The van der Waals surface area contributed by atoms with E-state index in [-0.39, 0.29) is 30.6 Å². The van der Waals surface area contributed by atoms with E-state index in [2.05, 4.69) is 30.5 Å². The molecule has 1 atom stereocenters. The fourth-order valence-corrected chi connectivity index (χ4v) is 4.81. The molecular weight excluding hydrogens is 502 g/mol. The van der Waals surface area contributed by atoms with Gasteiger partial charge in [-0.2, -0.15) is 0 Å². The number of tetrazole rings is 1. The van der Waals surface area contributed by atoms with Crippen molar-refractivity contribution in [1.29, 1.82) is 0 Å². The van der Waals surface area contributed by atoms with Gasteiger partial charge in [0.05, 0.1) is 18.0 Å². The summed E-state index contributed by atoms with van der Waals surface area (Å²) < 4.78 is 26.5. The first-order valence-electron chi connectivity index (χ1n) is 11.6. The number of nitrogens with one attached hydrogen (secondary N) is 2. The van der Waals surface area contributed by atoms with Gasteiger partial charge in [-0.05, 0) is 65.2 Å². The van der Waals surface area contributed by atoms with Crippen LogP contribution in [0.3, 0.4) is 0 Å². The number of aliphatic carboxylic acids is 1. The van der Waals surface area contributed by atoms with E-state index >= 15 is 0 Å². The van der Waals surface area contributed by atoms with Gasteiger partial charge in [0, 0.05) is 36.9 Å². The number of nitrogens with zero attached hydrogens (tertiary/aromatic N) is 5. The van der Waals surface area contributed by atoms with Crippen LogP contribution in [0.15, 0.2) is 42.5 Å². The molecule has 0 aliphatic carbocycles. The van der Waals surface area contributed by atoms with Crippen LogP contribution >= 0.6 is 0 Å². The van der Waals surface area contributed by atoms with Crippen LogP contribution in [0, 0.1) is 0 Å². The number of phenols is 1. The molecule has 14 heteroatoms. The lowest BCUT2D eigenvalue weighted by atomic mass is 10.0. The molecule has 2 aromatic carbocycles. The minimum atomic E-state index is -3.56. The highest BCUT2D eigenvalue weighted by Gasteiger charge is 2.21. The molecule has 4 rings (SSSR count). The predicted octanol–water partition coefficient (Wildman–Crippen LogP) is 0.794.